The molecular weight excluding hydrogens is 690 g/mol. The molecular formula is C40H35F3N4O4S. The quantitative estimate of drug-likeness (QED) is 0.134. The Hall–Kier alpha value is -5.58. The number of allylic oxidation sites excluding steroid dienone is 4. The lowest BCUT2D eigenvalue weighted by Gasteiger charge is -2.33. The number of halogens is 3. The van der Waals surface area contributed by atoms with Gasteiger partial charge >= 0.3 is 6.18 Å². The number of nitriles is 3. The van der Waals surface area contributed by atoms with Crippen molar-refractivity contribution in [3.05, 3.63) is 122 Å². The largest absolute Gasteiger partial charge is 0.493 e. The van der Waals surface area contributed by atoms with Crippen molar-refractivity contribution < 1.29 is 32.9 Å². The van der Waals surface area contributed by atoms with Gasteiger partial charge in [0.2, 0.25) is 0 Å². The third-order valence-corrected chi connectivity index (χ3v) is 9.73. The molecule has 2 N–H and O–H groups in total. The van der Waals surface area contributed by atoms with Gasteiger partial charge in [0.15, 0.2) is 11.3 Å². The van der Waals surface area contributed by atoms with Gasteiger partial charge in [-0.2, -0.15) is 29.0 Å². The molecule has 2 unspecified atom stereocenters. The van der Waals surface area contributed by atoms with Gasteiger partial charge in [-0.15, -0.1) is 11.3 Å². The first kappa shape index (κ1) is 37.7. The zero-order valence-electron chi connectivity index (χ0n) is 28.0. The fraction of sp³-hybridized carbons (Fsp3) is 0.275. The second kappa shape index (κ2) is 17.1. The Labute approximate surface area is 304 Å². The highest BCUT2D eigenvalue weighted by atomic mass is 32.1. The molecule has 0 amide bonds. The van der Waals surface area contributed by atoms with Crippen LogP contribution < -0.4 is 9.64 Å². The number of alkyl halides is 3. The lowest BCUT2D eigenvalue weighted by molar-refractivity contribution is -0.249. The second-order valence-electron chi connectivity index (χ2n) is 12.0. The summed E-state index contributed by atoms with van der Waals surface area (Å²) in [6.45, 7) is 1.06. The van der Waals surface area contributed by atoms with Crippen molar-refractivity contribution >= 4 is 35.3 Å². The molecule has 2 aromatic carbocycles. The van der Waals surface area contributed by atoms with Crippen LogP contribution in [0.3, 0.4) is 0 Å². The van der Waals surface area contributed by atoms with Gasteiger partial charge in [0.05, 0.1) is 19.8 Å². The number of rotatable bonds is 13. The summed E-state index contributed by atoms with van der Waals surface area (Å²) in [5, 5.41) is 48.1. The Morgan fingerprint density at radius 2 is 1.63 bits per heavy atom. The predicted molar refractivity (Wildman–Crippen MR) is 193 cm³/mol. The van der Waals surface area contributed by atoms with E-state index in [1.165, 1.54) is 41.7 Å². The molecule has 52 heavy (non-hydrogen) atoms. The molecule has 2 heterocycles. The first-order valence-electron chi connectivity index (χ1n) is 16.5. The van der Waals surface area contributed by atoms with Gasteiger partial charge in [0.1, 0.15) is 29.5 Å². The van der Waals surface area contributed by atoms with Gasteiger partial charge in [-0.05, 0) is 67.7 Å². The van der Waals surface area contributed by atoms with E-state index in [-0.39, 0.29) is 18.8 Å². The molecule has 0 bridgehead atoms. The van der Waals surface area contributed by atoms with E-state index in [0.29, 0.717) is 36.2 Å². The van der Waals surface area contributed by atoms with Crippen LogP contribution in [0.1, 0.15) is 40.1 Å². The summed E-state index contributed by atoms with van der Waals surface area (Å²) >= 11 is 1.30. The Balaban J connectivity index is 1.48. The number of aliphatic hydroxyl groups excluding tert-OH is 2. The van der Waals surface area contributed by atoms with Gasteiger partial charge in [0, 0.05) is 51.3 Å². The number of anilines is 1. The van der Waals surface area contributed by atoms with E-state index >= 15 is 13.2 Å². The molecule has 2 atom stereocenters. The van der Waals surface area contributed by atoms with Crippen LogP contribution in [0.5, 0.6) is 5.75 Å². The number of nitrogens with zero attached hydrogens (tertiary/aromatic N) is 4. The van der Waals surface area contributed by atoms with Crippen molar-refractivity contribution in [1.82, 2.24) is 0 Å². The van der Waals surface area contributed by atoms with E-state index in [1.807, 2.05) is 41.3 Å². The normalized spacial score (nSPS) is 18.7. The summed E-state index contributed by atoms with van der Waals surface area (Å²) in [5.41, 5.74) is -3.69. The summed E-state index contributed by atoms with van der Waals surface area (Å²) in [5.74, 6) is 0.296. The first-order chi connectivity index (χ1) is 25.2. The second-order valence-corrected chi connectivity index (χ2v) is 13.1. The fourth-order valence-corrected chi connectivity index (χ4v) is 6.94. The fourth-order valence-electron chi connectivity index (χ4n) is 6.13. The number of hydrogen-bond donors (Lipinski definition) is 2. The average Bonchev–Trinajstić information content (AvgIpc) is 3.76. The molecule has 0 saturated heterocycles. The molecule has 8 nitrogen and oxygen atoms in total. The van der Waals surface area contributed by atoms with E-state index in [4.69, 9.17) is 9.47 Å². The maximum Gasteiger partial charge on any atom is 0.437 e. The van der Waals surface area contributed by atoms with Crippen LogP contribution >= 0.6 is 11.3 Å². The van der Waals surface area contributed by atoms with Crippen LogP contribution in [0.15, 0.2) is 101 Å². The Morgan fingerprint density at radius 1 is 0.942 bits per heavy atom. The summed E-state index contributed by atoms with van der Waals surface area (Å²) in [6.07, 6.45) is 8.57. The highest BCUT2D eigenvalue weighted by molar-refractivity contribution is 7.13. The highest BCUT2D eigenvalue weighted by Gasteiger charge is 2.65. The molecule has 0 saturated carbocycles. The van der Waals surface area contributed by atoms with Gasteiger partial charge < -0.3 is 24.6 Å². The van der Waals surface area contributed by atoms with Crippen LogP contribution in [0.4, 0.5) is 18.9 Å². The SMILES string of the molecule is N#CC(C#N)=C1OC(c2ccccc2)(C(F)(F)F)C(/C=C/c2ccc(/C=C/c3ccc(N(CCO)CCO)cc3OCC3CC=CCC3)s2)=C1C#N. The Bertz CT molecular complexity index is 2010. The summed E-state index contributed by atoms with van der Waals surface area (Å²) in [7, 11) is 0. The van der Waals surface area contributed by atoms with Crippen LogP contribution in [-0.4, -0.2) is 49.3 Å². The maximum absolute atomic E-state index is 15.1. The van der Waals surface area contributed by atoms with Gasteiger partial charge in [-0.1, -0.05) is 48.6 Å². The summed E-state index contributed by atoms with van der Waals surface area (Å²) < 4.78 is 57.1. The number of ether oxygens (including phenoxy) is 2. The Kier molecular flexibility index (Phi) is 12.4. The van der Waals surface area contributed by atoms with E-state index in [9.17, 15) is 26.0 Å². The molecule has 2 aliphatic rings. The number of hydrogen-bond acceptors (Lipinski definition) is 9. The van der Waals surface area contributed by atoms with E-state index in [2.05, 4.69) is 12.2 Å². The predicted octanol–water partition coefficient (Wildman–Crippen LogP) is 8.07. The molecule has 5 rings (SSSR count). The molecule has 1 aliphatic carbocycles. The molecule has 1 aromatic heterocycles. The van der Waals surface area contributed by atoms with Gasteiger partial charge in [-0.25, -0.2) is 0 Å². The average molecular weight is 725 g/mol. The molecule has 266 valence electrons. The topological polar surface area (TPSA) is 134 Å². The van der Waals surface area contributed by atoms with Crippen molar-refractivity contribution in [3.8, 4) is 24.0 Å². The first-order valence-corrected chi connectivity index (χ1v) is 17.4. The number of benzene rings is 2. The maximum atomic E-state index is 15.1. The molecule has 1 aliphatic heterocycles. The summed E-state index contributed by atoms with van der Waals surface area (Å²) in [6, 6.07) is 20.9. The lowest BCUT2D eigenvalue weighted by Crippen LogP contribution is -2.43. The third kappa shape index (κ3) is 8.14. The zero-order chi connectivity index (χ0) is 37.1. The Morgan fingerprint density at radius 3 is 2.23 bits per heavy atom. The standard InChI is InChI=1S/C40H35F3N4O4S/c41-40(42,43)39(31-9-5-2-6-10-31)36(35(26-46)38(51-39)30(24-44)25-45)18-17-34-16-15-33(52-34)14-12-29-11-13-32(47(19-21-48)20-22-49)23-37(29)50-27-28-7-3-1-4-8-28/h1-3,5-6,9-18,23,28,48-49H,4,7-8,19-22,27H2/b14-12+,18-17+. The number of aliphatic hydroxyl groups is 2. The smallest absolute Gasteiger partial charge is 0.437 e. The van der Waals surface area contributed by atoms with Crippen LogP contribution in [-0.2, 0) is 10.3 Å². The van der Waals surface area contributed by atoms with E-state index < -0.39 is 34.3 Å². The molecule has 0 fully saturated rings. The van der Waals surface area contributed by atoms with E-state index in [1.54, 1.807) is 30.3 Å². The molecule has 12 heteroatoms. The van der Waals surface area contributed by atoms with Crippen molar-refractivity contribution in [2.24, 2.45) is 5.92 Å². The third-order valence-electron chi connectivity index (χ3n) is 8.72. The van der Waals surface area contributed by atoms with Crippen LogP contribution in [0.2, 0.25) is 0 Å². The molecule has 0 radical (unpaired) electrons. The monoisotopic (exact) mass is 724 g/mol. The van der Waals surface area contributed by atoms with Crippen molar-refractivity contribution in [2.45, 2.75) is 31.0 Å². The van der Waals surface area contributed by atoms with Crippen molar-refractivity contribution in [2.75, 3.05) is 37.8 Å². The van der Waals surface area contributed by atoms with Crippen LogP contribution in [0.25, 0.3) is 18.2 Å². The van der Waals surface area contributed by atoms with E-state index in [0.717, 1.165) is 41.5 Å². The minimum absolute atomic E-state index is 0.0778. The van der Waals surface area contributed by atoms with Crippen molar-refractivity contribution in [3.63, 3.8) is 0 Å². The zero-order valence-corrected chi connectivity index (χ0v) is 28.8. The molecule has 0 spiro atoms. The minimum atomic E-state index is -5.08. The lowest BCUT2D eigenvalue weighted by atomic mass is 9.84. The van der Waals surface area contributed by atoms with Gasteiger partial charge in [-0.3, -0.25) is 0 Å². The molecule has 3 aromatic rings. The van der Waals surface area contributed by atoms with Crippen molar-refractivity contribution in [1.29, 1.82) is 15.8 Å². The minimum Gasteiger partial charge on any atom is -0.493 e. The number of thiophene rings is 1. The van der Waals surface area contributed by atoms with Gasteiger partial charge in [0.25, 0.3) is 5.60 Å². The van der Waals surface area contributed by atoms with Crippen LogP contribution in [0, 0.1) is 39.9 Å². The highest BCUT2D eigenvalue weighted by Crippen LogP contribution is 2.56. The summed E-state index contributed by atoms with van der Waals surface area (Å²) in [4.78, 5) is 3.23.